The van der Waals surface area contributed by atoms with Crippen molar-refractivity contribution in [3.8, 4) is 5.75 Å². The molecule has 118 valence electrons. The molecule has 21 heavy (non-hydrogen) atoms. The molecule has 1 saturated heterocycles. The Hall–Kier alpha value is -0.580. The Morgan fingerprint density at radius 2 is 2.14 bits per heavy atom. The molecule has 1 N–H and O–H groups in total. The second-order valence-corrected chi connectivity index (χ2v) is 7.89. The first kappa shape index (κ1) is 16.8. The summed E-state index contributed by atoms with van der Waals surface area (Å²) in [6.45, 7) is 9.27. The van der Waals surface area contributed by atoms with Gasteiger partial charge in [0, 0.05) is 28.6 Å². The number of nitrogens with one attached hydrogen (secondary N) is 1. The van der Waals surface area contributed by atoms with E-state index in [0.717, 1.165) is 42.8 Å². The molecule has 3 nitrogen and oxygen atoms in total. The fourth-order valence-corrected chi connectivity index (χ4v) is 3.05. The van der Waals surface area contributed by atoms with Crippen LogP contribution < -0.4 is 10.1 Å². The maximum absolute atomic E-state index is 5.71. The number of ether oxygens (including phenoxy) is 2. The van der Waals surface area contributed by atoms with Crippen molar-refractivity contribution in [1.82, 2.24) is 5.32 Å². The van der Waals surface area contributed by atoms with Crippen LogP contribution in [0, 0.1) is 5.41 Å². The first-order valence-electron chi connectivity index (χ1n) is 7.49. The van der Waals surface area contributed by atoms with Crippen LogP contribution in [0.5, 0.6) is 5.75 Å². The normalized spacial score (nSPS) is 22.5. The van der Waals surface area contributed by atoms with Crippen molar-refractivity contribution in [2.24, 2.45) is 5.41 Å². The molecule has 4 heteroatoms. The Morgan fingerprint density at radius 3 is 2.71 bits per heavy atom. The van der Waals surface area contributed by atoms with Gasteiger partial charge < -0.3 is 14.8 Å². The average molecular weight is 356 g/mol. The molecule has 1 fully saturated rings. The molecule has 2 rings (SSSR count). The second-order valence-electron chi connectivity index (χ2n) is 7.04. The Kier molecular flexibility index (Phi) is 5.33. The maximum Gasteiger partial charge on any atom is 0.119 e. The molecule has 0 saturated carbocycles. The molecule has 1 heterocycles. The van der Waals surface area contributed by atoms with Crippen LogP contribution in [-0.4, -0.2) is 32.4 Å². The lowest BCUT2D eigenvalue weighted by atomic mass is 9.80. The minimum absolute atomic E-state index is 0.126. The standard InChI is InChI=1S/C17H26BrNO2/c1-16(2,3)19-11-17(7-8-21-12-17)10-13-9-14(20-4)5-6-15(13)18/h5-6,9,19H,7-8,10-12H2,1-4H3. The third-order valence-corrected chi connectivity index (χ3v) is 4.77. The molecule has 0 aromatic heterocycles. The third kappa shape index (κ3) is 4.70. The van der Waals surface area contributed by atoms with E-state index in [1.807, 2.05) is 6.07 Å². The van der Waals surface area contributed by atoms with E-state index < -0.39 is 0 Å². The van der Waals surface area contributed by atoms with Gasteiger partial charge in [-0.05, 0) is 57.4 Å². The smallest absolute Gasteiger partial charge is 0.119 e. The molecule has 0 aliphatic carbocycles. The van der Waals surface area contributed by atoms with Gasteiger partial charge in [0.15, 0.2) is 0 Å². The zero-order chi connectivity index (χ0) is 15.5. The molecule has 1 aromatic rings. The van der Waals surface area contributed by atoms with Crippen molar-refractivity contribution in [2.45, 2.75) is 39.2 Å². The van der Waals surface area contributed by atoms with E-state index in [4.69, 9.17) is 9.47 Å². The second kappa shape index (κ2) is 6.67. The van der Waals surface area contributed by atoms with Gasteiger partial charge in [-0.25, -0.2) is 0 Å². The lowest BCUT2D eigenvalue weighted by molar-refractivity contribution is 0.144. The molecule has 1 aliphatic rings. The fourth-order valence-electron chi connectivity index (χ4n) is 2.66. The topological polar surface area (TPSA) is 30.5 Å². The predicted octanol–water partition coefficient (Wildman–Crippen LogP) is 3.80. The van der Waals surface area contributed by atoms with Gasteiger partial charge in [-0.2, -0.15) is 0 Å². The summed E-state index contributed by atoms with van der Waals surface area (Å²) in [5, 5.41) is 3.65. The van der Waals surface area contributed by atoms with E-state index in [1.54, 1.807) is 7.11 Å². The first-order chi connectivity index (χ1) is 9.84. The zero-order valence-corrected chi connectivity index (χ0v) is 15.0. The molecule has 1 atom stereocenters. The van der Waals surface area contributed by atoms with Crippen molar-refractivity contribution >= 4 is 15.9 Å². The number of benzene rings is 1. The van der Waals surface area contributed by atoms with E-state index in [9.17, 15) is 0 Å². The van der Waals surface area contributed by atoms with E-state index in [0.29, 0.717) is 0 Å². The lowest BCUT2D eigenvalue weighted by Crippen LogP contribution is -2.45. The summed E-state index contributed by atoms with van der Waals surface area (Å²) >= 11 is 3.66. The summed E-state index contributed by atoms with van der Waals surface area (Å²) in [5.41, 5.74) is 1.58. The monoisotopic (exact) mass is 355 g/mol. The molecule has 0 bridgehead atoms. The first-order valence-corrected chi connectivity index (χ1v) is 8.28. The Labute approximate surface area is 136 Å². The summed E-state index contributed by atoms with van der Waals surface area (Å²) in [7, 11) is 1.71. The molecule has 0 amide bonds. The van der Waals surface area contributed by atoms with Crippen LogP contribution in [0.15, 0.2) is 22.7 Å². The van der Waals surface area contributed by atoms with E-state index in [2.05, 4.69) is 54.2 Å². The highest BCUT2D eigenvalue weighted by Gasteiger charge is 2.36. The molecule has 0 spiro atoms. The van der Waals surface area contributed by atoms with Crippen LogP contribution in [0.2, 0.25) is 0 Å². The van der Waals surface area contributed by atoms with Crippen LogP contribution in [0.3, 0.4) is 0 Å². The van der Waals surface area contributed by atoms with Crippen LogP contribution in [0.25, 0.3) is 0 Å². The average Bonchev–Trinajstić information content (AvgIpc) is 2.88. The highest BCUT2D eigenvalue weighted by molar-refractivity contribution is 9.10. The van der Waals surface area contributed by atoms with Gasteiger partial charge >= 0.3 is 0 Å². The number of halogens is 1. The van der Waals surface area contributed by atoms with E-state index >= 15 is 0 Å². The zero-order valence-electron chi connectivity index (χ0n) is 13.5. The Morgan fingerprint density at radius 1 is 1.38 bits per heavy atom. The van der Waals surface area contributed by atoms with Crippen molar-refractivity contribution < 1.29 is 9.47 Å². The van der Waals surface area contributed by atoms with Gasteiger partial charge in [-0.15, -0.1) is 0 Å². The Bertz CT molecular complexity index is 476. The molecule has 1 aromatic carbocycles. The van der Waals surface area contributed by atoms with Gasteiger partial charge in [0.2, 0.25) is 0 Å². The van der Waals surface area contributed by atoms with E-state index in [1.165, 1.54) is 5.56 Å². The van der Waals surface area contributed by atoms with Gasteiger partial charge in [0.25, 0.3) is 0 Å². The summed E-state index contributed by atoms with van der Waals surface area (Å²) in [6, 6.07) is 6.18. The van der Waals surface area contributed by atoms with Crippen LogP contribution in [0.1, 0.15) is 32.8 Å². The molecular weight excluding hydrogens is 330 g/mol. The summed E-state index contributed by atoms with van der Waals surface area (Å²) < 4.78 is 12.2. The fraction of sp³-hybridized carbons (Fsp3) is 0.647. The predicted molar refractivity (Wildman–Crippen MR) is 90.0 cm³/mol. The number of hydrogen-bond donors (Lipinski definition) is 1. The van der Waals surface area contributed by atoms with Crippen molar-refractivity contribution in [3.05, 3.63) is 28.2 Å². The molecule has 0 radical (unpaired) electrons. The van der Waals surface area contributed by atoms with Crippen LogP contribution in [0.4, 0.5) is 0 Å². The van der Waals surface area contributed by atoms with Crippen molar-refractivity contribution in [3.63, 3.8) is 0 Å². The van der Waals surface area contributed by atoms with E-state index in [-0.39, 0.29) is 11.0 Å². The lowest BCUT2D eigenvalue weighted by Gasteiger charge is -2.32. The van der Waals surface area contributed by atoms with Crippen LogP contribution >= 0.6 is 15.9 Å². The van der Waals surface area contributed by atoms with Gasteiger partial charge in [0.05, 0.1) is 13.7 Å². The molecular formula is C17H26BrNO2. The van der Waals surface area contributed by atoms with Crippen LogP contribution in [-0.2, 0) is 11.2 Å². The molecule has 1 unspecified atom stereocenters. The maximum atomic E-state index is 5.71. The minimum Gasteiger partial charge on any atom is -0.497 e. The highest BCUT2D eigenvalue weighted by Crippen LogP contribution is 2.36. The number of hydrogen-bond acceptors (Lipinski definition) is 3. The van der Waals surface area contributed by atoms with Gasteiger partial charge in [0.1, 0.15) is 5.75 Å². The summed E-state index contributed by atoms with van der Waals surface area (Å²) in [4.78, 5) is 0. The summed E-state index contributed by atoms with van der Waals surface area (Å²) in [5.74, 6) is 0.908. The number of rotatable bonds is 5. The van der Waals surface area contributed by atoms with Crippen molar-refractivity contribution in [1.29, 1.82) is 0 Å². The van der Waals surface area contributed by atoms with Gasteiger partial charge in [-0.1, -0.05) is 15.9 Å². The summed E-state index contributed by atoms with van der Waals surface area (Å²) in [6.07, 6.45) is 2.09. The third-order valence-electron chi connectivity index (χ3n) is 4.00. The molecule has 1 aliphatic heterocycles. The van der Waals surface area contributed by atoms with Gasteiger partial charge in [-0.3, -0.25) is 0 Å². The highest BCUT2D eigenvalue weighted by atomic mass is 79.9. The minimum atomic E-state index is 0.126. The SMILES string of the molecule is COc1ccc(Br)c(CC2(CNC(C)(C)C)CCOC2)c1. The van der Waals surface area contributed by atoms with Crippen molar-refractivity contribution in [2.75, 3.05) is 26.9 Å². The number of methoxy groups -OCH3 is 1. The Balaban J connectivity index is 2.16. The quantitative estimate of drug-likeness (QED) is 0.871. The largest absolute Gasteiger partial charge is 0.497 e.